The first-order valence-corrected chi connectivity index (χ1v) is 7.82. The number of aromatic hydroxyl groups is 1. The number of benzene rings is 2. The largest absolute Gasteiger partial charge is 0.505 e. The molecule has 0 radical (unpaired) electrons. The van der Waals surface area contributed by atoms with Gasteiger partial charge in [-0.1, -0.05) is 12.1 Å². The van der Waals surface area contributed by atoms with Gasteiger partial charge in [0.2, 0.25) is 11.8 Å². The predicted molar refractivity (Wildman–Crippen MR) is 96.1 cm³/mol. The fourth-order valence-corrected chi connectivity index (χ4v) is 3.15. The van der Waals surface area contributed by atoms with E-state index in [0.717, 1.165) is 21.4 Å². The molecule has 0 saturated heterocycles. The van der Waals surface area contributed by atoms with Gasteiger partial charge < -0.3 is 10.1 Å². The van der Waals surface area contributed by atoms with Gasteiger partial charge in [0.05, 0.1) is 11.1 Å². The molecule has 1 aromatic heterocycles. The summed E-state index contributed by atoms with van der Waals surface area (Å²) >= 11 is 0. The molecular formula is C19H18N2O4. The number of carbonyl (C=O) groups is 3. The van der Waals surface area contributed by atoms with Crippen LogP contribution in [0.1, 0.15) is 36.7 Å². The lowest BCUT2D eigenvalue weighted by atomic mass is 10.0. The maximum absolute atomic E-state index is 12.0. The Balaban J connectivity index is 2.54. The number of phenols is 1. The first kappa shape index (κ1) is 16.7. The number of aryl methyl sites for hydroxylation is 1. The Hall–Kier alpha value is -3.15. The molecule has 0 aliphatic carbocycles. The van der Waals surface area contributed by atoms with Crippen molar-refractivity contribution < 1.29 is 19.5 Å². The van der Waals surface area contributed by atoms with E-state index in [9.17, 15) is 19.5 Å². The number of H-pyrrole nitrogens is 1. The zero-order chi connectivity index (χ0) is 18.5. The van der Waals surface area contributed by atoms with Gasteiger partial charge in [-0.05, 0) is 31.5 Å². The van der Waals surface area contributed by atoms with Gasteiger partial charge in [0.25, 0.3) is 0 Å². The number of nitrogens with one attached hydrogen (secondary N) is 1. The van der Waals surface area contributed by atoms with Crippen molar-refractivity contribution in [2.75, 3.05) is 4.90 Å². The Labute approximate surface area is 144 Å². The van der Waals surface area contributed by atoms with E-state index < -0.39 is 11.8 Å². The fourth-order valence-electron chi connectivity index (χ4n) is 3.15. The van der Waals surface area contributed by atoms with Crippen LogP contribution in [0, 0.1) is 6.92 Å². The van der Waals surface area contributed by atoms with E-state index >= 15 is 0 Å². The summed E-state index contributed by atoms with van der Waals surface area (Å²) in [6, 6.07) is 7.35. The quantitative estimate of drug-likeness (QED) is 0.700. The van der Waals surface area contributed by atoms with E-state index in [0.29, 0.717) is 10.9 Å². The maximum Gasteiger partial charge on any atom is 0.230 e. The Kier molecular flexibility index (Phi) is 3.83. The summed E-state index contributed by atoms with van der Waals surface area (Å²) in [5.74, 6) is -1.82. The molecule has 6 heteroatoms. The van der Waals surface area contributed by atoms with Crippen LogP contribution >= 0.6 is 0 Å². The van der Waals surface area contributed by atoms with E-state index in [1.54, 1.807) is 6.07 Å². The number of rotatable bonds is 2. The monoisotopic (exact) mass is 338 g/mol. The molecule has 0 atom stereocenters. The highest BCUT2D eigenvalue weighted by Gasteiger charge is 2.27. The van der Waals surface area contributed by atoms with Gasteiger partial charge in [-0.15, -0.1) is 0 Å². The highest BCUT2D eigenvalue weighted by atomic mass is 16.3. The fraction of sp³-hybridized carbons (Fsp3) is 0.211. The van der Waals surface area contributed by atoms with Gasteiger partial charge in [-0.2, -0.15) is 0 Å². The number of hydrogen-bond donors (Lipinski definition) is 2. The Morgan fingerprint density at radius 1 is 1.00 bits per heavy atom. The summed E-state index contributed by atoms with van der Waals surface area (Å²) < 4.78 is 0. The summed E-state index contributed by atoms with van der Waals surface area (Å²) in [4.78, 5) is 40.1. The third kappa shape index (κ3) is 2.55. The number of Topliss-reactive ketones (excluding diaryl/α,β-unsaturated/α-hetero) is 1. The van der Waals surface area contributed by atoms with Crippen molar-refractivity contribution in [1.29, 1.82) is 0 Å². The number of amides is 2. The molecule has 0 aliphatic rings. The van der Waals surface area contributed by atoms with Crippen LogP contribution < -0.4 is 4.90 Å². The predicted octanol–water partition coefficient (Wildman–Crippen LogP) is 3.44. The van der Waals surface area contributed by atoms with Crippen LogP contribution in [0.3, 0.4) is 0 Å². The number of carbonyl (C=O) groups excluding carboxylic acids is 3. The maximum atomic E-state index is 12.0. The summed E-state index contributed by atoms with van der Waals surface area (Å²) in [6.07, 6.45) is 0. The lowest BCUT2D eigenvalue weighted by Gasteiger charge is -2.20. The Morgan fingerprint density at radius 3 is 2.20 bits per heavy atom. The summed E-state index contributed by atoms with van der Waals surface area (Å²) in [6.45, 7) is 5.75. The van der Waals surface area contributed by atoms with Crippen molar-refractivity contribution >= 4 is 45.1 Å². The van der Waals surface area contributed by atoms with Gasteiger partial charge in [0.1, 0.15) is 5.69 Å². The second kappa shape index (κ2) is 5.73. The molecule has 0 spiro atoms. The van der Waals surface area contributed by atoms with Crippen molar-refractivity contribution in [1.82, 2.24) is 4.98 Å². The number of phenolic OH excluding ortho intramolecular Hbond substituents is 1. The average Bonchev–Trinajstić information content (AvgIpc) is 2.85. The number of aromatic amines is 1. The first-order chi connectivity index (χ1) is 11.7. The van der Waals surface area contributed by atoms with Crippen molar-refractivity contribution in [2.24, 2.45) is 0 Å². The third-order valence-electron chi connectivity index (χ3n) is 4.23. The Bertz CT molecular complexity index is 1050. The number of ketones is 1. The SMILES string of the molecule is CC(=O)c1cc2c([nH]c3cc(C)ccc32)c(N(C(C)=O)C(C)=O)c1O. The molecule has 0 fully saturated rings. The molecule has 2 N–H and O–H groups in total. The zero-order valence-corrected chi connectivity index (χ0v) is 14.4. The van der Waals surface area contributed by atoms with Crippen molar-refractivity contribution in [3.8, 4) is 5.75 Å². The average molecular weight is 338 g/mol. The molecule has 0 aliphatic heterocycles. The molecule has 0 unspecified atom stereocenters. The van der Waals surface area contributed by atoms with Gasteiger partial charge in [0.15, 0.2) is 11.5 Å². The molecule has 3 aromatic rings. The van der Waals surface area contributed by atoms with Crippen molar-refractivity contribution in [2.45, 2.75) is 27.7 Å². The minimum atomic E-state index is -0.542. The number of imide groups is 1. The van der Waals surface area contributed by atoms with Crippen molar-refractivity contribution in [3.05, 3.63) is 35.4 Å². The first-order valence-electron chi connectivity index (χ1n) is 7.82. The van der Waals surface area contributed by atoms with Gasteiger partial charge in [-0.3, -0.25) is 14.4 Å². The molecule has 3 rings (SSSR count). The lowest BCUT2D eigenvalue weighted by Crippen LogP contribution is -2.33. The normalized spacial score (nSPS) is 11.0. The van der Waals surface area contributed by atoms with E-state index in [2.05, 4.69) is 4.98 Å². The molecule has 1 heterocycles. The van der Waals surface area contributed by atoms with Crippen LogP contribution in [-0.2, 0) is 9.59 Å². The smallest absolute Gasteiger partial charge is 0.230 e. The van der Waals surface area contributed by atoms with Gasteiger partial charge >= 0.3 is 0 Å². The topological polar surface area (TPSA) is 90.5 Å². The number of fused-ring (bicyclic) bond motifs is 3. The molecular weight excluding hydrogens is 320 g/mol. The Morgan fingerprint density at radius 2 is 1.64 bits per heavy atom. The second-order valence-electron chi connectivity index (χ2n) is 6.15. The molecule has 2 aromatic carbocycles. The van der Waals surface area contributed by atoms with Crippen LogP contribution in [0.15, 0.2) is 24.3 Å². The summed E-state index contributed by atoms with van der Waals surface area (Å²) in [5, 5.41) is 12.1. The van der Waals surface area contributed by atoms with E-state index in [4.69, 9.17) is 0 Å². The standard InChI is InChI=1S/C19H18N2O4/c1-9-5-6-13-15-8-14(10(2)22)19(25)18(17(15)20-16(13)7-9)21(11(3)23)12(4)24/h5-8,20,25H,1-4H3. The zero-order valence-electron chi connectivity index (χ0n) is 14.4. The molecule has 6 nitrogen and oxygen atoms in total. The number of aromatic nitrogens is 1. The lowest BCUT2D eigenvalue weighted by molar-refractivity contribution is -0.124. The molecule has 25 heavy (non-hydrogen) atoms. The third-order valence-corrected chi connectivity index (χ3v) is 4.23. The van der Waals surface area contributed by atoms with Crippen LogP contribution in [-0.4, -0.2) is 27.7 Å². The number of nitrogens with zero attached hydrogens (tertiary/aromatic N) is 1. The number of hydrogen-bond acceptors (Lipinski definition) is 4. The minimum absolute atomic E-state index is 0.0107. The second-order valence-corrected chi connectivity index (χ2v) is 6.15. The molecule has 128 valence electrons. The van der Waals surface area contributed by atoms with E-state index in [1.165, 1.54) is 20.8 Å². The van der Waals surface area contributed by atoms with Gasteiger partial charge in [0, 0.05) is 30.1 Å². The highest BCUT2D eigenvalue weighted by molar-refractivity contribution is 6.24. The molecule has 0 saturated carbocycles. The van der Waals surface area contributed by atoms with Gasteiger partial charge in [-0.25, -0.2) is 4.90 Å². The summed E-state index contributed by atoms with van der Waals surface area (Å²) in [7, 11) is 0. The van der Waals surface area contributed by atoms with Crippen molar-refractivity contribution in [3.63, 3.8) is 0 Å². The molecule has 2 amide bonds. The van der Waals surface area contributed by atoms with E-state index in [1.807, 2.05) is 25.1 Å². The van der Waals surface area contributed by atoms with Crippen LogP contribution in [0.4, 0.5) is 5.69 Å². The van der Waals surface area contributed by atoms with Crippen LogP contribution in [0.2, 0.25) is 0 Å². The van der Waals surface area contributed by atoms with E-state index in [-0.39, 0.29) is 22.8 Å². The van der Waals surface area contributed by atoms with Crippen LogP contribution in [0.25, 0.3) is 21.8 Å². The molecule has 0 bridgehead atoms. The van der Waals surface area contributed by atoms with Crippen LogP contribution in [0.5, 0.6) is 5.75 Å². The summed E-state index contributed by atoms with van der Waals surface area (Å²) in [5.41, 5.74) is 2.34. The highest BCUT2D eigenvalue weighted by Crippen LogP contribution is 2.41. The minimum Gasteiger partial charge on any atom is -0.505 e. The number of anilines is 1.